The molecule has 0 spiro atoms. The van der Waals surface area contributed by atoms with Crippen molar-refractivity contribution in [2.45, 2.75) is 31.5 Å². The summed E-state index contributed by atoms with van der Waals surface area (Å²) in [7, 11) is 0. The van der Waals surface area contributed by atoms with Gasteiger partial charge in [-0.2, -0.15) is 11.8 Å². The van der Waals surface area contributed by atoms with Gasteiger partial charge in [0.1, 0.15) is 5.60 Å². The Kier molecular flexibility index (Phi) is 4.63. The first-order valence-corrected chi connectivity index (χ1v) is 7.22. The van der Waals surface area contributed by atoms with Crippen molar-refractivity contribution in [3.05, 3.63) is 35.9 Å². The summed E-state index contributed by atoms with van der Waals surface area (Å²) < 4.78 is 5.90. The van der Waals surface area contributed by atoms with Gasteiger partial charge in [0, 0.05) is 0 Å². The number of hydrogen-bond donors (Lipinski definition) is 0. The van der Waals surface area contributed by atoms with Crippen LogP contribution < -0.4 is 0 Å². The highest BCUT2D eigenvalue weighted by molar-refractivity contribution is 7.99. The van der Waals surface area contributed by atoms with Crippen molar-refractivity contribution < 1.29 is 9.53 Å². The summed E-state index contributed by atoms with van der Waals surface area (Å²) in [5.74, 6) is 2.16. The topological polar surface area (TPSA) is 26.3 Å². The van der Waals surface area contributed by atoms with Crippen molar-refractivity contribution in [2.24, 2.45) is 0 Å². The molecule has 1 aromatic rings. The van der Waals surface area contributed by atoms with E-state index >= 15 is 0 Å². The number of ether oxygens (including phenoxy) is 1. The van der Waals surface area contributed by atoms with Gasteiger partial charge in [-0.15, -0.1) is 0 Å². The first kappa shape index (κ1) is 12.7. The Bertz CT molecular complexity index is 342. The minimum atomic E-state index is -0.542. The first-order chi connectivity index (χ1) is 8.35. The van der Waals surface area contributed by atoms with E-state index in [9.17, 15) is 4.79 Å². The predicted octanol–water partition coefficient (Wildman–Crippen LogP) is 3.06. The van der Waals surface area contributed by atoms with Crippen LogP contribution >= 0.6 is 11.8 Å². The Morgan fingerprint density at radius 2 is 2.06 bits per heavy atom. The van der Waals surface area contributed by atoms with E-state index in [4.69, 9.17) is 4.74 Å². The minimum Gasteiger partial charge on any atom is -0.363 e. The van der Waals surface area contributed by atoms with Crippen molar-refractivity contribution in [2.75, 3.05) is 11.5 Å². The van der Waals surface area contributed by atoms with Gasteiger partial charge >= 0.3 is 0 Å². The van der Waals surface area contributed by atoms with Crippen LogP contribution in [0.4, 0.5) is 0 Å². The molecule has 0 aliphatic carbocycles. The standard InChI is InChI=1S/C14H18O2S/c15-12-14(7-4-9-17-10-8-14)16-11-13-5-2-1-3-6-13/h1-3,5-6,12H,4,7-11H2. The van der Waals surface area contributed by atoms with E-state index in [1.165, 1.54) is 0 Å². The van der Waals surface area contributed by atoms with Gasteiger partial charge in [0.15, 0.2) is 6.29 Å². The number of carbonyl (C=O) groups excluding carboxylic acids is 1. The molecule has 1 atom stereocenters. The van der Waals surface area contributed by atoms with Crippen molar-refractivity contribution >= 4 is 18.0 Å². The van der Waals surface area contributed by atoms with Crippen LogP contribution in [0.25, 0.3) is 0 Å². The number of rotatable bonds is 4. The number of hydrogen-bond acceptors (Lipinski definition) is 3. The third-order valence-electron chi connectivity index (χ3n) is 3.14. The Balaban J connectivity index is 1.96. The summed E-state index contributed by atoms with van der Waals surface area (Å²) in [5, 5.41) is 0. The number of carbonyl (C=O) groups is 1. The number of benzene rings is 1. The molecule has 0 bridgehead atoms. The van der Waals surface area contributed by atoms with Crippen molar-refractivity contribution in [1.82, 2.24) is 0 Å². The Labute approximate surface area is 107 Å². The third-order valence-corrected chi connectivity index (χ3v) is 4.21. The van der Waals surface area contributed by atoms with Gasteiger partial charge in [-0.05, 0) is 36.3 Å². The largest absolute Gasteiger partial charge is 0.363 e. The van der Waals surface area contributed by atoms with Crippen molar-refractivity contribution in [3.8, 4) is 0 Å². The average Bonchev–Trinajstić information content (AvgIpc) is 2.64. The zero-order valence-corrected chi connectivity index (χ0v) is 10.7. The predicted molar refractivity (Wildman–Crippen MR) is 71.2 cm³/mol. The molecule has 0 N–H and O–H groups in total. The maximum atomic E-state index is 11.3. The quantitative estimate of drug-likeness (QED) is 0.768. The highest BCUT2D eigenvalue weighted by atomic mass is 32.2. The molecule has 0 amide bonds. The molecule has 1 unspecified atom stereocenters. The maximum Gasteiger partial charge on any atom is 0.151 e. The Hall–Kier alpha value is -0.800. The average molecular weight is 250 g/mol. The van der Waals surface area contributed by atoms with Crippen LogP contribution in [0.3, 0.4) is 0 Å². The lowest BCUT2D eigenvalue weighted by molar-refractivity contribution is -0.134. The van der Waals surface area contributed by atoms with E-state index in [0.29, 0.717) is 6.61 Å². The van der Waals surface area contributed by atoms with Gasteiger partial charge in [-0.3, -0.25) is 0 Å². The van der Waals surface area contributed by atoms with Gasteiger partial charge in [0.05, 0.1) is 6.61 Å². The van der Waals surface area contributed by atoms with Crippen LogP contribution in [0.1, 0.15) is 24.8 Å². The molecular weight excluding hydrogens is 232 g/mol. The molecule has 2 rings (SSSR count). The third kappa shape index (κ3) is 3.58. The normalized spacial score (nSPS) is 25.2. The Morgan fingerprint density at radius 3 is 2.82 bits per heavy atom. The van der Waals surface area contributed by atoms with Crippen LogP contribution in [0.2, 0.25) is 0 Å². The maximum absolute atomic E-state index is 11.3. The number of aldehydes is 1. The van der Waals surface area contributed by atoms with Gasteiger partial charge in [-0.1, -0.05) is 30.3 Å². The van der Waals surface area contributed by atoms with Crippen LogP contribution in [0.15, 0.2) is 30.3 Å². The van der Waals surface area contributed by atoms with E-state index in [0.717, 1.165) is 42.6 Å². The lowest BCUT2D eigenvalue weighted by Gasteiger charge is -2.26. The molecule has 92 valence electrons. The van der Waals surface area contributed by atoms with E-state index in [1.54, 1.807) is 0 Å². The van der Waals surface area contributed by atoms with Gasteiger partial charge in [0.2, 0.25) is 0 Å². The fourth-order valence-corrected chi connectivity index (χ4v) is 3.09. The van der Waals surface area contributed by atoms with Crippen LogP contribution in [-0.2, 0) is 16.1 Å². The molecule has 1 fully saturated rings. The zero-order valence-electron chi connectivity index (χ0n) is 9.93. The van der Waals surface area contributed by atoms with E-state index in [-0.39, 0.29) is 0 Å². The van der Waals surface area contributed by atoms with Gasteiger partial charge in [0.25, 0.3) is 0 Å². The highest BCUT2D eigenvalue weighted by Crippen LogP contribution is 2.28. The minimum absolute atomic E-state index is 0.532. The Morgan fingerprint density at radius 1 is 1.24 bits per heavy atom. The number of thioether (sulfide) groups is 1. The lowest BCUT2D eigenvalue weighted by atomic mass is 9.96. The molecule has 0 radical (unpaired) electrons. The second-order valence-electron chi connectivity index (χ2n) is 4.42. The molecule has 1 aromatic carbocycles. The molecule has 1 aliphatic rings. The summed E-state index contributed by atoms with van der Waals surface area (Å²) in [6.45, 7) is 0.532. The highest BCUT2D eigenvalue weighted by Gasteiger charge is 2.31. The van der Waals surface area contributed by atoms with Crippen LogP contribution in [0, 0.1) is 0 Å². The molecule has 1 heterocycles. The zero-order chi connectivity index (χ0) is 12.0. The van der Waals surface area contributed by atoms with Gasteiger partial charge in [-0.25, -0.2) is 0 Å². The fraction of sp³-hybridized carbons (Fsp3) is 0.500. The fourth-order valence-electron chi connectivity index (χ4n) is 2.04. The van der Waals surface area contributed by atoms with E-state index in [1.807, 2.05) is 42.1 Å². The summed E-state index contributed by atoms with van der Waals surface area (Å²) in [5.41, 5.74) is 0.588. The van der Waals surface area contributed by atoms with Crippen LogP contribution in [-0.4, -0.2) is 23.4 Å². The molecule has 0 saturated carbocycles. The first-order valence-electron chi connectivity index (χ1n) is 6.07. The molecule has 17 heavy (non-hydrogen) atoms. The molecule has 0 aromatic heterocycles. The molecule has 1 saturated heterocycles. The SMILES string of the molecule is O=CC1(OCc2ccccc2)CCCSCC1. The summed E-state index contributed by atoms with van der Waals surface area (Å²) in [6, 6.07) is 10.0. The second-order valence-corrected chi connectivity index (χ2v) is 5.65. The molecule has 2 nitrogen and oxygen atoms in total. The van der Waals surface area contributed by atoms with Gasteiger partial charge < -0.3 is 9.53 Å². The van der Waals surface area contributed by atoms with Crippen LogP contribution in [0.5, 0.6) is 0 Å². The van der Waals surface area contributed by atoms with Crippen molar-refractivity contribution in [1.29, 1.82) is 0 Å². The molecule has 3 heteroatoms. The summed E-state index contributed by atoms with van der Waals surface area (Å²) in [6.07, 6.45) is 3.78. The molecular formula is C14H18O2S. The van der Waals surface area contributed by atoms with Crippen molar-refractivity contribution in [3.63, 3.8) is 0 Å². The van der Waals surface area contributed by atoms with E-state index in [2.05, 4.69) is 0 Å². The second kappa shape index (κ2) is 6.22. The smallest absolute Gasteiger partial charge is 0.151 e. The monoisotopic (exact) mass is 250 g/mol. The molecule has 1 aliphatic heterocycles. The lowest BCUT2D eigenvalue weighted by Crippen LogP contribution is -2.34. The summed E-state index contributed by atoms with van der Waals surface area (Å²) in [4.78, 5) is 11.3. The van der Waals surface area contributed by atoms with E-state index < -0.39 is 5.60 Å². The summed E-state index contributed by atoms with van der Waals surface area (Å²) >= 11 is 1.92.